The van der Waals surface area contributed by atoms with Gasteiger partial charge in [0.2, 0.25) is 0 Å². The first-order chi connectivity index (χ1) is 17.3. The van der Waals surface area contributed by atoms with Crippen LogP contribution in [0.4, 0.5) is 16.2 Å². The van der Waals surface area contributed by atoms with E-state index in [2.05, 4.69) is 21.2 Å². The Morgan fingerprint density at radius 3 is 2.38 bits per heavy atom. The van der Waals surface area contributed by atoms with E-state index in [-0.39, 0.29) is 35.6 Å². The number of amides is 2. The topological polar surface area (TPSA) is 109 Å². The van der Waals surface area contributed by atoms with Crippen LogP contribution in [0.1, 0.15) is 47.9 Å². The molecule has 1 aromatic heterocycles. The number of aromatic nitrogens is 2. The minimum absolute atomic E-state index is 0. The molecule has 0 bridgehead atoms. The van der Waals surface area contributed by atoms with Crippen molar-refractivity contribution < 1.29 is 17.9 Å². The molecule has 3 aliphatic rings. The second kappa shape index (κ2) is 12.0. The summed E-state index contributed by atoms with van der Waals surface area (Å²) in [6, 6.07) is 1.24. The monoisotopic (exact) mass is 540 g/mol. The Hall–Kier alpha value is -1.63. The number of fused-ring (bicyclic) bond motifs is 2. The molecule has 12 heteroatoms. The van der Waals surface area contributed by atoms with Crippen LogP contribution in [-0.4, -0.2) is 98.6 Å². The molecule has 2 amide bonds. The number of rotatable bonds is 8. The molecule has 5 rings (SSSR count). The van der Waals surface area contributed by atoms with Gasteiger partial charge in [-0.2, -0.15) is 13.5 Å². The van der Waals surface area contributed by atoms with Gasteiger partial charge in [-0.3, -0.25) is 4.68 Å². The van der Waals surface area contributed by atoms with Crippen LogP contribution in [0.15, 0.2) is 18.5 Å². The molecule has 0 radical (unpaired) electrons. The first kappa shape index (κ1) is 28.4. The summed E-state index contributed by atoms with van der Waals surface area (Å²) in [4.78, 5) is 15.2. The molecule has 1 fully saturated rings. The average Bonchev–Trinajstić information content (AvgIpc) is 3.59. The molecule has 2 N–H and O–H groups in total. The molecule has 1 aromatic carbocycles. The normalized spacial score (nSPS) is 17.3. The van der Waals surface area contributed by atoms with Crippen LogP contribution in [0.5, 0.6) is 0 Å². The van der Waals surface area contributed by atoms with E-state index >= 15 is 0 Å². The van der Waals surface area contributed by atoms with Gasteiger partial charge in [0.05, 0.1) is 24.5 Å². The van der Waals surface area contributed by atoms with Crippen LogP contribution in [0.25, 0.3) is 0 Å². The summed E-state index contributed by atoms with van der Waals surface area (Å²) in [6.45, 7) is 2.35. The number of hydrogen-bond acceptors (Lipinski definition) is 6. The van der Waals surface area contributed by atoms with Crippen molar-refractivity contribution in [1.29, 1.82) is 0 Å². The number of ether oxygens (including phenoxy) is 1. The van der Waals surface area contributed by atoms with E-state index in [9.17, 15) is 13.2 Å². The second-order valence-corrected chi connectivity index (χ2v) is 11.7. The molecule has 2 aromatic rings. The van der Waals surface area contributed by atoms with Gasteiger partial charge in [-0.25, -0.2) is 13.8 Å². The number of anilines is 2. The van der Waals surface area contributed by atoms with Crippen molar-refractivity contribution in [3.8, 4) is 0 Å². The van der Waals surface area contributed by atoms with Crippen LogP contribution < -0.4 is 14.3 Å². The van der Waals surface area contributed by atoms with Crippen LogP contribution in [0.2, 0.25) is 0 Å². The molecule has 2 heterocycles. The summed E-state index contributed by atoms with van der Waals surface area (Å²) >= 11 is 0. The fourth-order valence-electron chi connectivity index (χ4n) is 5.63. The van der Waals surface area contributed by atoms with Crippen LogP contribution in [0.3, 0.4) is 0 Å². The van der Waals surface area contributed by atoms with Gasteiger partial charge in [-0.1, -0.05) is 6.07 Å². The zero-order chi connectivity index (χ0) is 25.3. The third-order valence-electron chi connectivity index (χ3n) is 7.37. The van der Waals surface area contributed by atoms with Gasteiger partial charge < -0.3 is 15.0 Å². The van der Waals surface area contributed by atoms with E-state index in [0.717, 1.165) is 61.9 Å². The Balaban J connectivity index is 0.00000320. The maximum atomic E-state index is 13.6. The van der Waals surface area contributed by atoms with Crippen molar-refractivity contribution in [3.05, 3.63) is 40.7 Å². The summed E-state index contributed by atoms with van der Waals surface area (Å²) in [7, 11) is -0.238. The molecule has 1 saturated heterocycles. The molecule has 198 valence electrons. The zero-order valence-electron chi connectivity index (χ0n) is 21.1. The van der Waals surface area contributed by atoms with Gasteiger partial charge in [0.15, 0.2) is 0 Å². The predicted octanol–water partition coefficient (Wildman–Crippen LogP) is 1.83. The van der Waals surface area contributed by atoms with Crippen molar-refractivity contribution in [2.24, 2.45) is 0 Å². The summed E-state index contributed by atoms with van der Waals surface area (Å²) in [5, 5.41) is 7.31. The molecule has 37 heavy (non-hydrogen) atoms. The first-order valence-electron chi connectivity index (χ1n) is 12.9. The van der Waals surface area contributed by atoms with Crippen LogP contribution >= 0.6 is 0 Å². The van der Waals surface area contributed by atoms with E-state index in [1.54, 1.807) is 17.1 Å². The van der Waals surface area contributed by atoms with Gasteiger partial charge in [0.25, 0.3) is 0 Å². The summed E-state index contributed by atoms with van der Waals surface area (Å²) in [5.41, 5.74) is 6.14. The number of likely N-dealkylation sites (N-methyl/N-ethyl adjacent to an activating group) is 1. The zero-order valence-corrected chi connectivity index (χ0v) is 21.9. The fraction of sp³-hybridized carbons (Fsp3) is 0.600. The Bertz CT molecular complexity index is 1190. The molecule has 2 aliphatic carbocycles. The SMILES string of the molecule is CN(C)CCn1cc(N(C2CCOCC2)S(=O)(=O)NC(=O)Nc2c3c(cc4c2CCC4)CCC3)cn1.[NaH]. The van der Waals surface area contributed by atoms with Gasteiger partial charge in [0.1, 0.15) is 0 Å². The van der Waals surface area contributed by atoms with Gasteiger partial charge in [0, 0.05) is 31.6 Å². The number of benzene rings is 1. The van der Waals surface area contributed by atoms with Crippen molar-refractivity contribution in [2.75, 3.05) is 43.5 Å². The number of carbonyl (C=O) groups excluding carboxylic acids is 1. The minimum atomic E-state index is -4.19. The first-order valence-corrected chi connectivity index (χ1v) is 14.3. The predicted molar refractivity (Wildman–Crippen MR) is 146 cm³/mol. The van der Waals surface area contributed by atoms with Crippen LogP contribution in [-0.2, 0) is 47.2 Å². The standard InChI is InChI=1S/C25H36N6O4S.Na.H/c1-29(2)11-12-30-17-21(16-26-30)31(20-9-13-35-14-10-20)36(33,34)28-25(32)27-24-22-7-3-5-18(22)15-19-6-4-8-23(19)24;;/h15-17,20H,3-14H2,1-2H3,(H2,27,28,32);;. The number of aryl methyl sites for hydroxylation is 2. The van der Waals surface area contributed by atoms with Gasteiger partial charge >= 0.3 is 45.8 Å². The van der Waals surface area contributed by atoms with E-state index < -0.39 is 16.2 Å². The fourth-order valence-corrected chi connectivity index (χ4v) is 6.99. The van der Waals surface area contributed by atoms with E-state index in [4.69, 9.17) is 4.74 Å². The molecule has 0 unspecified atom stereocenters. The summed E-state index contributed by atoms with van der Waals surface area (Å²) in [5.74, 6) is 0. The Morgan fingerprint density at radius 2 is 1.76 bits per heavy atom. The third-order valence-corrected chi connectivity index (χ3v) is 8.84. The average molecular weight is 541 g/mol. The molecular formula is C25H37N6NaO4S. The Labute approximate surface area is 241 Å². The molecule has 0 atom stereocenters. The van der Waals surface area contributed by atoms with E-state index in [1.807, 2.05) is 19.0 Å². The van der Waals surface area contributed by atoms with Crippen molar-refractivity contribution >= 4 is 57.2 Å². The van der Waals surface area contributed by atoms with Gasteiger partial charge in [-0.15, -0.1) is 0 Å². The van der Waals surface area contributed by atoms with E-state index in [1.165, 1.54) is 15.4 Å². The van der Waals surface area contributed by atoms with Crippen molar-refractivity contribution in [3.63, 3.8) is 0 Å². The third kappa shape index (κ3) is 6.34. The van der Waals surface area contributed by atoms with Crippen molar-refractivity contribution in [2.45, 2.75) is 64.0 Å². The number of carbonyl (C=O) groups is 1. The number of nitrogens with one attached hydrogen (secondary N) is 2. The number of urea groups is 1. The molecule has 0 spiro atoms. The Morgan fingerprint density at radius 1 is 1.11 bits per heavy atom. The Kier molecular flexibility index (Phi) is 9.24. The molecule has 0 saturated carbocycles. The molecular weight excluding hydrogens is 503 g/mol. The maximum absolute atomic E-state index is 13.6. The number of hydrogen-bond donors (Lipinski definition) is 2. The summed E-state index contributed by atoms with van der Waals surface area (Å²) in [6.07, 6.45) is 10.3. The van der Waals surface area contributed by atoms with Crippen LogP contribution in [0, 0.1) is 0 Å². The quantitative estimate of drug-likeness (QED) is 0.495. The number of nitrogens with zero attached hydrogens (tertiary/aromatic N) is 4. The van der Waals surface area contributed by atoms with Crippen molar-refractivity contribution in [1.82, 2.24) is 19.4 Å². The molecule has 1 aliphatic heterocycles. The second-order valence-electron chi connectivity index (χ2n) is 10.2. The van der Waals surface area contributed by atoms with E-state index in [0.29, 0.717) is 38.3 Å². The summed E-state index contributed by atoms with van der Waals surface area (Å²) < 4.78 is 38.1. The molecule has 10 nitrogen and oxygen atoms in total. The van der Waals surface area contributed by atoms with Gasteiger partial charge in [-0.05, 0) is 87.7 Å².